The number of rotatable bonds is 4. The minimum absolute atomic E-state index is 0.148. The van der Waals surface area contributed by atoms with Gasteiger partial charge in [0, 0.05) is 5.56 Å². The van der Waals surface area contributed by atoms with Crippen LogP contribution in [0.2, 0.25) is 10.0 Å². The number of methoxy groups -OCH3 is 1. The third kappa shape index (κ3) is 4.15. The van der Waals surface area contributed by atoms with E-state index in [9.17, 15) is 9.59 Å². The first-order chi connectivity index (χ1) is 14.9. The average Bonchev–Trinajstić information content (AvgIpc) is 3.09. The van der Waals surface area contributed by atoms with E-state index in [2.05, 4.69) is 0 Å². The standard InChI is InChI=1S/C24H16Cl2O5/c1-13-20(31-24(28)15-4-6-16(29-2)7-5-15)10-8-17-22(27)21(30-23(13)17)12-14-3-9-18(25)19(26)11-14/h3-12H,1-2H3/b21-12-. The van der Waals surface area contributed by atoms with Gasteiger partial charge in [0.05, 0.1) is 28.3 Å². The van der Waals surface area contributed by atoms with Gasteiger partial charge in [0.1, 0.15) is 17.2 Å². The molecule has 0 fully saturated rings. The van der Waals surface area contributed by atoms with Crippen molar-refractivity contribution in [2.24, 2.45) is 0 Å². The maximum atomic E-state index is 12.7. The Labute approximate surface area is 188 Å². The molecule has 1 aliphatic rings. The molecule has 156 valence electrons. The van der Waals surface area contributed by atoms with Crippen LogP contribution in [0.4, 0.5) is 0 Å². The van der Waals surface area contributed by atoms with Gasteiger partial charge in [0.15, 0.2) is 5.76 Å². The molecule has 0 N–H and O–H groups in total. The van der Waals surface area contributed by atoms with Crippen LogP contribution < -0.4 is 14.2 Å². The number of hydrogen-bond donors (Lipinski definition) is 0. The van der Waals surface area contributed by atoms with Crippen LogP contribution in [0, 0.1) is 6.92 Å². The molecule has 0 spiro atoms. The van der Waals surface area contributed by atoms with Gasteiger partial charge >= 0.3 is 5.97 Å². The summed E-state index contributed by atoms with van der Waals surface area (Å²) in [5, 5.41) is 0.799. The first-order valence-corrected chi connectivity index (χ1v) is 10.0. The lowest BCUT2D eigenvalue weighted by Crippen LogP contribution is -2.09. The van der Waals surface area contributed by atoms with Crippen molar-refractivity contribution in [1.82, 2.24) is 0 Å². The Morgan fingerprint density at radius 2 is 1.74 bits per heavy atom. The summed E-state index contributed by atoms with van der Waals surface area (Å²) >= 11 is 12.0. The summed E-state index contributed by atoms with van der Waals surface area (Å²) in [5.41, 5.74) is 1.99. The minimum Gasteiger partial charge on any atom is -0.497 e. The van der Waals surface area contributed by atoms with Crippen molar-refractivity contribution >= 4 is 41.0 Å². The summed E-state index contributed by atoms with van der Waals surface area (Å²) in [6, 6.07) is 14.8. The number of hydrogen-bond acceptors (Lipinski definition) is 5. The molecule has 3 aromatic rings. The molecule has 0 unspecified atom stereocenters. The second kappa shape index (κ2) is 8.46. The number of benzene rings is 3. The van der Waals surface area contributed by atoms with E-state index >= 15 is 0 Å². The number of fused-ring (bicyclic) bond motifs is 1. The molecule has 0 atom stereocenters. The Kier molecular flexibility index (Phi) is 5.72. The van der Waals surface area contributed by atoms with Crippen molar-refractivity contribution in [3.63, 3.8) is 0 Å². The number of esters is 1. The molecule has 5 nitrogen and oxygen atoms in total. The smallest absolute Gasteiger partial charge is 0.343 e. The lowest BCUT2D eigenvalue weighted by atomic mass is 10.1. The fourth-order valence-electron chi connectivity index (χ4n) is 3.12. The highest BCUT2D eigenvalue weighted by molar-refractivity contribution is 6.42. The second-order valence-electron chi connectivity index (χ2n) is 6.80. The summed E-state index contributed by atoms with van der Waals surface area (Å²) < 4.78 is 16.4. The molecule has 3 aromatic carbocycles. The maximum Gasteiger partial charge on any atom is 0.343 e. The molecule has 0 saturated carbocycles. The Morgan fingerprint density at radius 3 is 2.42 bits per heavy atom. The molecule has 0 bridgehead atoms. The molecule has 0 amide bonds. The molecular formula is C24H16Cl2O5. The van der Waals surface area contributed by atoms with Crippen LogP contribution in [0.5, 0.6) is 17.2 Å². The van der Waals surface area contributed by atoms with Gasteiger partial charge in [-0.1, -0.05) is 29.3 Å². The number of halogens is 2. The number of ether oxygens (including phenoxy) is 3. The fraction of sp³-hybridized carbons (Fsp3) is 0.0833. The summed E-state index contributed by atoms with van der Waals surface area (Å²) in [4.78, 5) is 25.2. The number of allylic oxidation sites excluding steroid dienone is 1. The number of ketones is 1. The van der Waals surface area contributed by atoms with E-state index < -0.39 is 5.97 Å². The first-order valence-electron chi connectivity index (χ1n) is 9.26. The van der Waals surface area contributed by atoms with Crippen LogP contribution in [-0.4, -0.2) is 18.9 Å². The molecule has 7 heteroatoms. The van der Waals surface area contributed by atoms with Gasteiger partial charge in [-0.3, -0.25) is 4.79 Å². The molecule has 1 heterocycles. The number of Topliss-reactive ketones (excluding diaryl/α,β-unsaturated/α-hetero) is 1. The topological polar surface area (TPSA) is 61.8 Å². The van der Waals surface area contributed by atoms with Crippen molar-refractivity contribution in [2.45, 2.75) is 6.92 Å². The van der Waals surface area contributed by atoms with Gasteiger partial charge in [0.2, 0.25) is 5.78 Å². The second-order valence-corrected chi connectivity index (χ2v) is 7.61. The zero-order valence-electron chi connectivity index (χ0n) is 16.6. The quantitative estimate of drug-likeness (QED) is 0.269. The van der Waals surface area contributed by atoms with Crippen LogP contribution in [0.1, 0.15) is 31.8 Å². The van der Waals surface area contributed by atoms with Gasteiger partial charge in [-0.15, -0.1) is 0 Å². The Bertz CT molecular complexity index is 1230. The highest BCUT2D eigenvalue weighted by Gasteiger charge is 2.30. The maximum absolute atomic E-state index is 12.7. The minimum atomic E-state index is -0.526. The van der Waals surface area contributed by atoms with Crippen LogP contribution in [0.3, 0.4) is 0 Å². The Balaban J connectivity index is 1.59. The predicted octanol–water partition coefficient (Wildman–Crippen LogP) is 6.15. The molecule has 0 saturated heterocycles. The molecular weight excluding hydrogens is 439 g/mol. The largest absolute Gasteiger partial charge is 0.497 e. The van der Waals surface area contributed by atoms with E-state index in [1.165, 1.54) is 0 Å². The van der Waals surface area contributed by atoms with Gasteiger partial charge in [-0.05, 0) is 67.1 Å². The van der Waals surface area contributed by atoms with Crippen molar-refractivity contribution in [1.29, 1.82) is 0 Å². The Hall–Kier alpha value is -3.28. The third-order valence-corrected chi connectivity index (χ3v) is 5.55. The average molecular weight is 455 g/mol. The summed E-state index contributed by atoms with van der Waals surface area (Å²) in [6.07, 6.45) is 1.59. The van der Waals surface area contributed by atoms with Crippen molar-refractivity contribution in [3.8, 4) is 17.2 Å². The molecule has 0 aromatic heterocycles. The lowest BCUT2D eigenvalue weighted by Gasteiger charge is -2.10. The summed E-state index contributed by atoms with van der Waals surface area (Å²) in [5.74, 6) is 0.659. The lowest BCUT2D eigenvalue weighted by molar-refractivity contribution is 0.0733. The van der Waals surface area contributed by atoms with E-state index in [1.807, 2.05) is 0 Å². The van der Waals surface area contributed by atoms with E-state index in [1.54, 1.807) is 74.7 Å². The normalized spacial score (nSPS) is 13.7. The number of carbonyl (C=O) groups is 2. The van der Waals surface area contributed by atoms with Gasteiger partial charge in [-0.2, -0.15) is 0 Å². The SMILES string of the molecule is COc1ccc(C(=O)Oc2ccc3c(c2C)O/C(=C\c2ccc(Cl)c(Cl)c2)C3=O)cc1. The van der Waals surface area contributed by atoms with E-state index in [-0.39, 0.29) is 11.5 Å². The zero-order valence-corrected chi connectivity index (χ0v) is 18.1. The highest BCUT2D eigenvalue weighted by atomic mass is 35.5. The van der Waals surface area contributed by atoms with E-state index in [4.69, 9.17) is 37.4 Å². The van der Waals surface area contributed by atoms with E-state index in [0.29, 0.717) is 49.5 Å². The molecule has 0 aliphatic carbocycles. The number of carbonyl (C=O) groups excluding carboxylic acids is 2. The predicted molar refractivity (Wildman–Crippen MR) is 119 cm³/mol. The Morgan fingerprint density at radius 1 is 1.00 bits per heavy atom. The van der Waals surface area contributed by atoms with E-state index in [0.717, 1.165) is 0 Å². The summed E-state index contributed by atoms with van der Waals surface area (Å²) in [7, 11) is 1.55. The van der Waals surface area contributed by atoms with Gasteiger partial charge in [0.25, 0.3) is 0 Å². The highest BCUT2D eigenvalue weighted by Crippen LogP contribution is 2.39. The summed E-state index contributed by atoms with van der Waals surface area (Å²) in [6.45, 7) is 1.73. The molecule has 0 radical (unpaired) electrons. The molecule has 31 heavy (non-hydrogen) atoms. The van der Waals surface area contributed by atoms with Gasteiger partial charge < -0.3 is 14.2 Å². The molecule has 4 rings (SSSR count). The van der Waals surface area contributed by atoms with Crippen LogP contribution in [0.25, 0.3) is 6.08 Å². The third-order valence-electron chi connectivity index (χ3n) is 4.81. The van der Waals surface area contributed by atoms with Crippen molar-refractivity contribution in [3.05, 3.63) is 92.7 Å². The monoisotopic (exact) mass is 454 g/mol. The van der Waals surface area contributed by atoms with Crippen molar-refractivity contribution < 1.29 is 23.8 Å². The van der Waals surface area contributed by atoms with Crippen LogP contribution in [0.15, 0.2) is 60.4 Å². The zero-order chi connectivity index (χ0) is 22.1. The molecule has 1 aliphatic heterocycles. The van der Waals surface area contributed by atoms with Crippen molar-refractivity contribution in [2.75, 3.05) is 7.11 Å². The fourth-order valence-corrected chi connectivity index (χ4v) is 3.42. The first kappa shape index (κ1) is 21.0. The van der Waals surface area contributed by atoms with Gasteiger partial charge in [-0.25, -0.2) is 4.79 Å². The van der Waals surface area contributed by atoms with Crippen LogP contribution in [-0.2, 0) is 0 Å². The van der Waals surface area contributed by atoms with Crippen LogP contribution >= 0.6 is 23.2 Å².